The molecule has 6 nitrogen and oxygen atoms in total. The number of sulfonamides is 1. The minimum absolute atomic E-state index is 0. The number of anilines is 1. The Labute approximate surface area is 227 Å². The zero-order valence-corrected chi connectivity index (χ0v) is 23.1. The van der Waals surface area contributed by atoms with Crippen LogP contribution in [-0.2, 0) is 21.2 Å². The third-order valence-corrected chi connectivity index (χ3v) is 8.72. The Morgan fingerprint density at radius 1 is 0.971 bits per heavy atom. The fourth-order valence-corrected chi connectivity index (χ4v) is 6.21. The monoisotopic (exact) mass is 563 g/mol. The number of hydrogen-bond acceptors (Lipinski definition) is 5. The van der Waals surface area contributed by atoms with Crippen LogP contribution in [0, 0.1) is 5.92 Å². The van der Waals surface area contributed by atoms with Crippen molar-refractivity contribution in [3.63, 3.8) is 0 Å². The van der Waals surface area contributed by atoms with E-state index in [1.165, 1.54) is 22.7 Å². The number of halogens is 3. The number of likely N-dealkylation sites (tertiary alicyclic amines) is 1. The quantitative estimate of drug-likeness (QED) is 0.436. The van der Waals surface area contributed by atoms with E-state index >= 15 is 0 Å². The van der Waals surface area contributed by atoms with Crippen LogP contribution in [0.4, 0.5) is 5.69 Å². The first-order chi connectivity index (χ1) is 16.0. The van der Waals surface area contributed by atoms with Crippen molar-refractivity contribution in [1.29, 1.82) is 0 Å². The third-order valence-electron chi connectivity index (χ3n) is 6.57. The Morgan fingerprint density at radius 2 is 1.66 bits per heavy atom. The number of morpholine rings is 1. The van der Waals surface area contributed by atoms with E-state index in [2.05, 4.69) is 10.2 Å². The van der Waals surface area contributed by atoms with E-state index in [0.717, 1.165) is 49.7 Å². The van der Waals surface area contributed by atoms with Crippen molar-refractivity contribution in [2.75, 3.05) is 57.8 Å². The van der Waals surface area contributed by atoms with Crippen molar-refractivity contribution in [1.82, 2.24) is 9.21 Å². The number of nitrogens with one attached hydrogen (secondary N) is 1. The van der Waals surface area contributed by atoms with Gasteiger partial charge < -0.3 is 15.0 Å². The first-order valence-corrected chi connectivity index (χ1v) is 13.7. The number of ether oxygens (including phenoxy) is 1. The molecule has 0 spiro atoms. The Kier molecular flexibility index (Phi) is 12.6. The van der Waals surface area contributed by atoms with Crippen molar-refractivity contribution < 1.29 is 13.2 Å². The zero-order chi connectivity index (χ0) is 23.1. The summed E-state index contributed by atoms with van der Waals surface area (Å²) >= 11 is 6.03. The lowest BCUT2D eigenvalue weighted by Crippen LogP contribution is -2.40. The second-order valence-corrected chi connectivity index (χ2v) is 11.3. The highest BCUT2D eigenvalue weighted by Crippen LogP contribution is 2.24. The molecule has 2 heterocycles. The summed E-state index contributed by atoms with van der Waals surface area (Å²) in [5, 5.41) is 4.20. The minimum Gasteiger partial charge on any atom is -0.385 e. The van der Waals surface area contributed by atoms with Crippen molar-refractivity contribution in [2.45, 2.75) is 30.6 Å². The molecule has 2 fully saturated rings. The lowest BCUT2D eigenvalue weighted by molar-refractivity contribution is 0.0730. The molecule has 1 N–H and O–H groups in total. The highest BCUT2D eigenvalue weighted by atomic mass is 35.5. The van der Waals surface area contributed by atoms with Crippen LogP contribution >= 0.6 is 36.4 Å². The standard InChI is InChI=1S/C25H34ClN3O3S.2ClH/c26-23-3-1-4-24(20-23)27-11-2-12-28-13-9-22(10-14-28)19-21-5-7-25(8-6-21)33(30,31)29-15-17-32-18-16-29;;/h1,3-8,20,22,27H,2,9-19H2;2*1H. The van der Waals surface area contributed by atoms with Gasteiger partial charge in [0, 0.05) is 30.3 Å². The molecule has 0 amide bonds. The number of hydrogen-bond donors (Lipinski definition) is 1. The topological polar surface area (TPSA) is 61.9 Å². The Morgan fingerprint density at radius 3 is 2.31 bits per heavy atom. The molecular formula is C25H36Cl3N3O3S. The average molecular weight is 565 g/mol. The average Bonchev–Trinajstić information content (AvgIpc) is 2.84. The summed E-state index contributed by atoms with van der Waals surface area (Å²) in [5.41, 5.74) is 2.30. The Balaban J connectivity index is 0.00000216. The fourth-order valence-electron chi connectivity index (χ4n) is 4.61. The molecule has 0 aromatic heterocycles. The summed E-state index contributed by atoms with van der Waals surface area (Å²) in [4.78, 5) is 2.93. The number of benzene rings is 2. The van der Waals surface area contributed by atoms with Crippen LogP contribution in [0.25, 0.3) is 0 Å². The highest BCUT2D eigenvalue weighted by Gasteiger charge is 2.26. The van der Waals surface area contributed by atoms with Gasteiger partial charge in [-0.3, -0.25) is 0 Å². The highest BCUT2D eigenvalue weighted by molar-refractivity contribution is 7.89. The van der Waals surface area contributed by atoms with Gasteiger partial charge in [-0.1, -0.05) is 29.8 Å². The molecule has 0 saturated carbocycles. The molecule has 2 aliphatic rings. The summed E-state index contributed by atoms with van der Waals surface area (Å²) in [6.07, 6.45) is 4.50. The van der Waals surface area contributed by atoms with E-state index in [9.17, 15) is 8.42 Å². The van der Waals surface area contributed by atoms with E-state index in [1.807, 2.05) is 36.4 Å². The van der Waals surface area contributed by atoms with E-state index in [0.29, 0.717) is 37.1 Å². The molecule has 4 rings (SSSR count). The van der Waals surface area contributed by atoms with E-state index in [1.54, 1.807) is 12.1 Å². The maximum atomic E-state index is 12.8. The molecule has 2 aromatic carbocycles. The molecule has 2 saturated heterocycles. The molecular weight excluding hydrogens is 529 g/mol. The molecule has 0 unspecified atom stereocenters. The van der Waals surface area contributed by atoms with Crippen molar-refractivity contribution in [2.24, 2.45) is 5.92 Å². The van der Waals surface area contributed by atoms with Gasteiger partial charge in [-0.2, -0.15) is 4.31 Å². The predicted molar refractivity (Wildman–Crippen MR) is 148 cm³/mol. The lowest BCUT2D eigenvalue weighted by atomic mass is 9.90. The Hall–Kier alpha value is -1.06. The maximum Gasteiger partial charge on any atom is 0.243 e. The first-order valence-electron chi connectivity index (χ1n) is 11.9. The van der Waals surface area contributed by atoms with Gasteiger partial charge in [-0.05, 0) is 87.1 Å². The first kappa shape index (κ1) is 30.2. The molecule has 35 heavy (non-hydrogen) atoms. The van der Waals surface area contributed by atoms with Gasteiger partial charge in [0.15, 0.2) is 0 Å². The van der Waals surface area contributed by atoms with Crippen LogP contribution in [0.15, 0.2) is 53.4 Å². The van der Waals surface area contributed by atoms with E-state index in [4.69, 9.17) is 16.3 Å². The van der Waals surface area contributed by atoms with E-state index < -0.39 is 10.0 Å². The molecule has 0 bridgehead atoms. The lowest BCUT2D eigenvalue weighted by Gasteiger charge is -2.32. The number of nitrogens with zero attached hydrogens (tertiary/aromatic N) is 2. The normalized spacial score (nSPS) is 17.9. The maximum absolute atomic E-state index is 12.8. The Bertz CT molecular complexity index is 995. The van der Waals surface area contributed by atoms with Gasteiger partial charge in [0.1, 0.15) is 0 Å². The van der Waals surface area contributed by atoms with Gasteiger partial charge in [-0.15, -0.1) is 24.8 Å². The summed E-state index contributed by atoms with van der Waals surface area (Å²) in [6.45, 7) is 6.10. The molecule has 0 aliphatic carbocycles. The largest absolute Gasteiger partial charge is 0.385 e. The SMILES string of the molecule is Cl.Cl.O=S(=O)(c1ccc(CC2CCN(CCCNc3cccc(Cl)c3)CC2)cc1)N1CCOCC1. The van der Waals surface area contributed by atoms with Crippen LogP contribution in [0.5, 0.6) is 0 Å². The van der Waals surface area contributed by atoms with Crippen LogP contribution < -0.4 is 5.32 Å². The zero-order valence-electron chi connectivity index (χ0n) is 19.9. The third kappa shape index (κ3) is 8.78. The van der Waals surface area contributed by atoms with Crippen LogP contribution in [0.3, 0.4) is 0 Å². The van der Waals surface area contributed by atoms with Gasteiger partial charge in [0.2, 0.25) is 10.0 Å². The van der Waals surface area contributed by atoms with Gasteiger partial charge in [0.25, 0.3) is 0 Å². The van der Waals surface area contributed by atoms with Gasteiger partial charge in [-0.25, -0.2) is 8.42 Å². The van der Waals surface area contributed by atoms with Crippen LogP contribution in [0.2, 0.25) is 5.02 Å². The van der Waals surface area contributed by atoms with Crippen molar-refractivity contribution in [3.05, 3.63) is 59.1 Å². The smallest absolute Gasteiger partial charge is 0.243 e. The predicted octanol–water partition coefficient (Wildman–Crippen LogP) is 4.96. The molecule has 0 radical (unpaired) electrons. The number of piperidine rings is 1. The van der Waals surface area contributed by atoms with Gasteiger partial charge >= 0.3 is 0 Å². The summed E-state index contributed by atoms with van der Waals surface area (Å²) in [5.74, 6) is 0.660. The summed E-state index contributed by atoms with van der Waals surface area (Å²) in [6, 6.07) is 15.4. The van der Waals surface area contributed by atoms with Gasteiger partial charge in [0.05, 0.1) is 18.1 Å². The number of rotatable bonds is 9. The summed E-state index contributed by atoms with van der Waals surface area (Å²) < 4.78 is 32.4. The molecule has 196 valence electrons. The summed E-state index contributed by atoms with van der Waals surface area (Å²) in [7, 11) is -3.42. The molecule has 2 aliphatic heterocycles. The molecule has 10 heteroatoms. The van der Waals surface area contributed by atoms with Crippen LogP contribution in [0.1, 0.15) is 24.8 Å². The fraction of sp³-hybridized carbons (Fsp3) is 0.520. The minimum atomic E-state index is -3.42. The molecule has 2 aromatic rings. The van der Waals surface area contributed by atoms with E-state index in [-0.39, 0.29) is 24.8 Å². The second kappa shape index (κ2) is 14.6. The second-order valence-electron chi connectivity index (χ2n) is 8.94. The van der Waals surface area contributed by atoms with Crippen molar-refractivity contribution in [3.8, 4) is 0 Å². The van der Waals surface area contributed by atoms with Crippen molar-refractivity contribution >= 4 is 52.1 Å². The van der Waals surface area contributed by atoms with Crippen LogP contribution in [-0.4, -0.2) is 70.1 Å². The molecule has 0 atom stereocenters.